The van der Waals surface area contributed by atoms with Crippen LogP contribution < -0.4 is 4.90 Å². The first kappa shape index (κ1) is 17.2. The third-order valence-electron chi connectivity index (χ3n) is 3.16. The Morgan fingerprint density at radius 1 is 1.08 bits per heavy atom. The molecule has 1 aromatic carbocycles. The number of rotatable bonds is 3. The molecule has 0 aliphatic carbocycles. The van der Waals surface area contributed by atoms with Crippen molar-refractivity contribution < 1.29 is 33.0 Å². The fraction of sp³-hybridized carbons (Fsp3) is 0.125. The predicted molar refractivity (Wildman–Crippen MR) is 79.8 cm³/mol. The van der Waals surface area contributed by atoms with E-state index >= 15 is 0 Å². The maximum Gasteiger partial charge on any atom is 0.355 e. The molecule has 1 aliphatic rings. The fourth-order valence-corrected chi connectivity index (χ4v) is 2.07. The molecule has 0 radical (unpaired) electrons. The van der Waals surface area contributed by atoms with Crippen molar-refractivity contribution in [1.82, 2.24) is 0 Å². The quantitative estimate of drug-likeness (QED) is 0.852. The molecule has 126 valence electrons. The third-order valence-corrected chi connectivity index (χ3v) is 3.16. The standard InChI is InChI=1S/C16H13F2NO5/c1-23-15(21)10-5-3-4-6-19(14(10)16(22)24-2)9-7-11(17)13(18)12(20)8-9/h3-8,20H,1-2H3. The van der Waals surface area contributed by atoms with Gasteiger partial charge in [0.2, 0.25) is 0 Å². The minimum absolute atomic E-state index is 0.0897. The van der Waals surface area contributed by atoms with Crippen LogP contribution in [0.15, 0.2) is 47.8 Å². The van der Waals surface area contributed by atoms with Crippen LogP contribution >= 0.6 is 0 Å². The van der Waals surface area contributed by atoms with Crippen molar-refractivity contribution in [3.8, 4) is 5.75 Å². The van der Waals surface area contributed by atoms with Crippen LogP contribution in [0.1, 0.15) is 0 Å². The summed E-state index contributed by atoms with van der Waals surface area (Å²) in [6.45, 7) is 0. The Morgan fingerprint density at radius 2 is 1.75 bits per heavy atom. The minimum atomic E-state index is -1.42. The highest BCUT2D eigenvalue weighted by Gasteiger charge is 2.28. The lowest BCUT2D eigenvalue weighted by atomic mass is 10.1. The zero-order valence-electron chi connectivity index (χ0n) is 12.7. The lowest BCUT2D eigenvalue weighted by Crippen LogP contribution is -2.27. The molecule has 1 heterocycles. The molecular weight excluding hydrogens is 324 g/mol. The number of phenols is 1. The summed E-state index contributed by atoms with van der Waals surface area (Å²) in [5.41, 5.74) is -0.522. The molecule has 1 aliphatic heterocycles. The van der Waals surface area contributed by atoms with Gasteiger partial charge in [-0.25, -0.2) is 14.0 Å². The van der Waals surface area contributed by atoms with Crippen LogP contribution in [0, 0.1) is 11.6 Å². The van der Waals surface area contributed by atoms with E-state index < -0.39 is 29.3 Å². The van der Waals surface area contributed by atoms with Crippen LogP contribution in [-0.4, -0.2) is 31.3 Å². The van der Waals surface area contributed by atoms with Gasteiger partial charge in [-0.2, -0.15) is 4.39 Å². The number of carbonyl (C=O) groups excluding carboxylic acids is 2. The first-order valence-corrected chi connectivity index (χ1v) is 6.63. The highest BCUT2D eigenvalue weighted by atomic mass is 19.2. The Kier molecular flexibility index (Phi) is 4.98. The normalized spacial score (nSPS) is 13.8. The number of aromatic hydroxyl groups is 1. The summed E-state index contributed by atoms with van der Waals surface area (Å²) >= 11 is 0. The largest absolute Gasteiger partial charge is 0.505 e. The molecule has 0 unspecified atom stereocenters. The third kappa shape index (κ3) is 3.12. The average Bonchev–Trinajstić information content (AvgIpc) is 2.80. The number of esters is 2. The van der Waals surface area contributed by atoms with Gasteiger partial charge in [-0.1, -0.05) is 6.08 Å². The number of nitrogens with zero attached hydrogens (tertiary/aromatic N) is 1. The molecule has 6 nitrogen and oxygen atoms in total. The van der Waals surface area contributed by atoms with Crippen LogP contribution in [0.4, 0.5) is 14.5 Å². The second-order valence-electron chi connectivity index (χ2n) is 4.58. The van der Waals surface area contributed by atoms with Crippen LogP contribution in [0.25, 0.3) is 0 Å². The second-order valence-corrected chi connectivity index (χ2v) is 4.58. The van der Waals surface area contributed by atoms with E-state index in [0.717, 1.165) is 31.3 Å². The van der Waals surface area contributed by atoms with Gasteiger partial charge in [-0.15, -0.1) is 0 Å². The molecule has 0 atom stereocenters. The van der Waals surface area contributed by atoms with E-state index in [1.165, 1.54) is 24.4 Å². The number of phenolic OH excluding ortho intramolecular Hbond substituents is 1. The number of ether oxygens (including phenoxy) is 2. The molecule has 0 saturated heterocycles. The van der Waals surface area contributed by atoms with Gasteiger partial charge >= 0.3 is 11.9 Å². The van der Waals surface area contributed by atoms with Gasteiger partial charge in [0.1, 0.15) is 5.70 Å². The molecule has 1 N–H and O–H groups in total. The SMILES string of the molecule is COC(=O)C1=C(C(=O)OC)N(c2cc(O)c(F)c(F)c2)C=CC=C1. The summed E-state index contributed by atoms with van der Waals surface area (Å²) < 4.78 is 36.2. The molecule has 0 bridgehead atoms. The first-order valence-electron chi connectivity index (χ1n) is 6.63. The average molecular weight is 337 g/mol. The number of carbonyl (C=O) groups is 2. The number of hydrogen-bond donors (Lipinski definition) is 1. The summed E-state index contributed by atoms with van der Waals surface area (Å²) in [5.74, 6) is -5.42. The molecule has 8 heteroatoms. The van der Waals surface area contributed by atoms with Crippen molar-refractivity contribution in [1.29, 1.82) is 0 Å². The van der Waals surface area contributed by atoms with E-state index in [4.69, 9.17) is 0 Å². The maximum atomic E-state index is 13.6. The topological polar surface area (TPSA) is 76.1 Å². The van der Waals surface area contributed by atoms with E-state index in [-0.39, 0.29) is 17.0 Å². The molecule has 0 aromatic heterocycles. The summed E-state index contributed by atoms with van der Waals surface area (Å²) in [6.07, 6.45) is 5.55. The summed E-state index contributed by atoms with van der Waals surface area (Å²) in [5, 5.41) is 9.48. The Labute approximate surface area is 135 Å². The van der Waals surface area contributed by atoms with Crippen molar-refractivity contribution in [2.45, 2.75) is 0 Å². The van der Waals surface area contributed by atoms with Gasteiger partial charge < -0.3 is 19.5 Å². The highest BCUT2D eigenvalue weighted by Crippen LogP contribution is 2.31. The van der Waals surface area contributed by atoms with Crippen LogP contribution in [0.5, 0.6) is 5.75 Å². The van der Waals surface area contributed by atoms with Gasteiger partial charge in [0.15, 0.2) is 17.4 Å². The number of anilines is 1. The Hall–Kier alpha value is -3.16. The van der Waals surface area contributed by atoms with E-state index in [0.29, 0.717) is 0 Å². The Balaban J connectivity index is 2.70. The van der Waals surface area contributed by atoms with Crippen LogP contribution in [0.3, 0.4) is 0 Å². The zero-order chi connectivity index (χ0) is 17.9. The van der Waals surface area contributed by atoms with Crippen molar-refractivity contribution in [3.05, 3.63) is 59.5 Å². The Morgan fingerprint density at radius 3 is 2.33 bits per heavy atom. The predicted octanol–water partition coefficient (Wildman–Crippen LogP) is 2.16. The molecule has 1 aromatic rings. The fourth-order valence-electron chi connectivity index (χ4n) is 2.07. The Bertz CT molecular complexity index is 760. The van der Waals surface area contributed by atoms with E-state index in [1.54, 1.807) is 0 Å². The molecular formula is C16H13F2NO5. The van der Waals surface area contributed by atoms with Crippen molar-refractivity contribution in [3.63, 3.8) is 0 Å². The van der Waals surface area contributed by atoms with Crippen molar-refractivity contribution in [2.75, 3.05) is 19.1 Å². The van der Waals surface area contributed by atoms with Crippen molar-refractivity contribution in [2.24, 2.45) is 0 Å². The van der Waals surface area contributed by atoms with Gasteiger partial charge in [0.05, 0.1) is 25.5 Å². The lowest BCUT2D eigenvalue weighted by molar-refractivity contribution is -0.139. The lowest BCUT2D eigenvalue weighted by Gasteiger charge is -2.23. The first-order chi connectivity index (χ1) is 11.4. The van der Waals surface area contributed by atoms with Gasteiger partial charge in [0, 0.05) is 18.3 Å². The number of hydrogen-bond acceptors (Lipinski definition) is 6. The summed E-state index contributed by atoms with van der Waals surface area (Å²) in [4.78, 5) is 25.2. The smallest absolute Gasteiger partial charge is 0.355 e. The van der Waals surface area contributed by atoms with Crippen molar-refractivity contribution >= 4 is 17.6 Å². The minimum Gasteiger partial charge on any atom is -0.505 e. The number of benzene rings is 1. The van der Waals surface area contributed by atoms with Crippen LogP contribution in [0.2, 0.25) is 0 Å². The number of methoxy groups -OCH3 is 2. The number of halogens is 2. The molecule has 2 rings (SSSR count). The summed E-state index contributed by atoms with van der Waals surface area (Å²) in [7, 11) is 2.23. The van der Waals surface area contributed by atoms with Gasteiger partial charge in [0.25, 0.3) is 0 Å². The van der Waals surface area contributed by atoms with Gasteiger partial charge in [-0.3, -0.25) is 0 Å². The monoisotopic (exact) mass is 337 g/mol. The molecule has 0 fully saturated rings. The maximum absolute atomic E-state index is 13.6. The highest BCUT2D eigenvalue weighted by molar-refractivity contribution is 6.05. The zero-order valence-corrected chi connectivity index (χ0v) is 12.7. The van der Waals surface area contributed by atoms with Crippen LogP contribution in [-0.2, 0) is 19.1 Å². The molecule has 0 amide bonds. The van der Waals surface area contributed by atoms with Gasteiger partial charge in [-0.05, 0) is 12.2 Å². The van der Waals surface area contributed by atoms with E-state index in [9.17, 15) is 23.5 Å². The molecule has 0 spiro atoms. The summed E-state index contributed by atoms with van der Waals surface area (Å²) in [6, 6.07) is 1.68. The molecule has 0 saturated carbocycles. The second kappa shape index (κ2) is 6.95. The van der Waals surface area contributed by atoms with E-state index in [2.05, 4.69) is 9.47 Å². The van der Waals surface area contributed by atoms with E-state index in [1.807, 2.05) is 0 Å². The number of allylic oxidation sites excluding steroid dienone is 2. The molecule has 24 heavy (non-hydrogen) atoms.